The Labute approximate surface area is 121 Å². The van der Waals surface area contributed by atoms with Gasteiger partial charge in [-0.3, -0.25) is 0 Å². The minimum atomic E-state index is 0.255. The van der Waals surface area contributed by atoms with Crippen LogP contribution in [0.15, 0.2) is 0 Å². The lowest BCUT2D eigenvalue weighted by Crippen LogP contribution is -2.27. The van der Waals surface area contributed by atoms with Gasteiger partial charge in [0.1, 0.15) is 5.82 Å². The second kappa shape index (κ2) is 6.27. The summed E-state index contributed by atoms with van der Waals surface area (Å²) < 4.78 is 7.98. The first kappa shape index (κ1) is 14.1. The first-order valence-electron chi connectivity index (χ1n) is 8.11. The van der Waals surface area contributed by atoms with Crippen molar-refractivity contribution in [1.29, 1.82) is 0 Å². The van der Waals surface area contributed by atoms with Gasteiger partial charge in [-0.1, -0.05) is 19.3 Å². The number of fused-ring (bicyclic) bond motifs is 1. The summed E-state index contributed by atoms with van der Waals surface area (Å²) in [6.07, 6.45) is 8.10. The monoisotopic (exact) mass is 277 g/mol. The maximum absolute atomic E-state index is 5.49. The topological polar surface area (TPSA) is 39.1 Å². The van der Waals surface area contributed by atoms with Gasteiger partial charge < -0.3 is 14.6 Å². The summed E-state index contributed by atoms with van der Waals surface area (Å²) >= 11 is 0. The molecule has 1 aromatic heterocycles. The van der Waals surface area contributed by atoms with E-state index in [0.717, 1.165) is 26.1 Å². The van der Waals surface area contributed by atoms with Gasteiger partial charge in [0.05, 0.1) is 18.3 Å². The third-order valence-corrected chi connectivity index (χ3v) is 4.83. The Morgan fingerprint density at radius 1 is 1.35 bits per heavy atom. The maximum atomic E-state index is 5.49. The van der Waals surface area contributed by atoms with Crippen molar-refractivity contribution in [3.63, 3.8) is 0 Å². The van der Waals surface area contributed by atoms with Gasteiger partial charge in [-0.05, 0) is 19.8 Å². The van der Waals surface area contributed by atoms with Crippen LogP contribution >= 0.6 is 0 Å². The van der Waals surface area contributed by atoms with E-state index in [4.69, 9.17) is 9.72 Å². The zero-order valence-electron chi connectivity index (χ0n) is 12.8. The molecule has 1 saturated carbocycles. The van der Waals surface area contributed by atoms with Crippen LogP contribution in [0.2, 0.25) is 0 Å². The number of rotatable bonds is 4. The second-order valence-electron chi connectivity index (χ2n) is 6.28. The molecule has 1 unspecified atom stereocenters. The average molecular weight is 277 g/mol. The highest BCUT2D eigenvalue weighted by molar-refractivity contribution is 5.22. The highest BCUT2D eigenvalue weighted by Crippen LogP contribution is 2.34. The van der Waals surface area contributed by atoms with E-state index < -0.39 is 0 Å². The molecular weight excluding hydrogens is 250 g/mol. The molecule has 1 aliphatic carbocycles. The lowest BCUT2D eigenvalue weighted by Gasteiger charge is -2.24. The minimum Gasteiger partial charge on any atom is -0.380 e. The fourth-order valence-electron chi connectivity index (χ4n) is 3.60. The molecule has 1 N–H and O–H groups in total. The van der Waals surface area contributed by atoms with Crippen LogP contribution in [0, 0.1) is 0 Å². The SMILES string of the molecule is COC(C)Cn1c(C2CCCCC2)nc2c1CCNC2. The van der Waals surface area contributed by atoms with E-state index in [1.807, 2.05) is 0 Å². The first-order chi connectivity index (χ1) is 9.79. The number of ether oxygens (including phenoxy) is 1. The molecular formula is C16H27N3O. The molecule has 0 bridgehead atoms. The molecule has 2 heterocycles. The molecule has 20 heavy (non-hydrogen) atoms. The van der Waals surface area contributed by atoms with Gasteiger partial charge in [0.2, 0.25) is 0 Å². The average Bonchev–Trinajstić information content (AvgIpc) is 2.87. The molecule has 0 saturated heterocycles. The smallest absolute Gasteiger partial charge is 0.112 e. The van der Waals surface area contributed by atoms with E-state index in [9.17, 15) is 0 Å². The van der Waals surface area contributed by atoms with Crippen LogP contribution < -0.4 is 5.32 Å². The number of imidazole rings is 1. The van der Waals surface area contributed by atoms with Crippen LogP contribution in [0.1, 0.15) is 62.2 Å². The molecule has 0 radical (unpaired) electrons. The van der Waals surface area contributed by atoms with Gasteiger partial charge in [0, 0.05) is 38.2 Å². The predicted octanol–water partition coefficient (Wildman–Crippen LogP) is 2.61. The van der Waals surface area contributed by atoms with Gasteiger partial charge in [-0.2, -0.15) is 0 Å². The summed E-state index contributed by atoms with van der Waals surface area (Å²) in [6, 6.07) is 0. The molecule has 1 atom stereocenters. The first-order valence-corrected chi connectivity index (χ1v) is 8.11. The Balaban J connectivity index is 1.92. The lowest BCUT2D eigenvalue weighted by molar-refractivity contribution is 0.101. The molecule has 2 aliphatic rings. The van der Waals surface area contributed by atoms with Gasteiger partial charge >= 0.3 is 0 Å². The zero-order valence-corrected chi connectivity index (χ0v) is 12.8. The summed E-state index contributed by atoms with van der Waals surface area (Å²) in [5, 5.41) is 3.44. The number of hydrogen-bond donors (Lipinski definition) is 1. The largest absolute Gasteiger partial charge is 0.380 e. The van der Waals surface area contributed by atoms with Gasteiger partial charge in [-0.25, -0.2) is 4.98 Å². The van der Waals surface area contributed by atoms with Gasteiger partial charge in [0.15, 0.2) is 0 Å². The Kier molecular flexibility index (Phi) is 4.41. The molecule has 1 aromatic rings. The van der Waals surface area contributed by atoms with Crippen LogP contribution in [0.5, 0.6) is 0 Å². The number of methoxy groups -OCH3 is 1. The van der Waals surface area contributed by atoms with E-state index in [-0.39, 0.29) is 6.10 Å². The van der Waals surface area contributed by atoms with Crippen molar-refractivity contribution in [3.05, 3.63) is 17.2 Å². The Hall–Kier alpha value is -0.870. The summed E-state index contributed by atoms with van der Waals surface area (Å²) in [5.74, 6) is 2.00. The van der Waals surface area contributed by atoms with E-state index in [1.165, 1.54) is 49.3 Å². The molecule has 112 valence electrons. The Morgan fingerprint density at radius 2 is 2.15 bits per heavy atom. The van der Waals surface area contributed by atoms with E-state index in [0.29, 0.717) is 5.92 Å². The van der Waals surface area contributed by atoms with Crippen molar-refractivity contribution in [2.24, 2.45) is 0 Å². The molecule has 4 heteroatoms. The van der Waals surface area contributed by atoms with Crippen molar-refractivity contribution in [2.75, 3.05) is 13.7 Å². The second-order valence-corrected chi connectivity index (χ2v) is 6.28. The van der Waals surface area contributed by atoms with E-state index in [1.54, 1.807) is 7.11 Å². The number of nitrogens with zero attached hydrogens (tertiary/aromatic N) is 2. The Morgan fingerprint density at radius 3 is 2.90 bits per heavy atom. The van der Waals surface area contributed by atoms with Crippen molar-refractivity contribution >= 4 is 0 Å². The lowest BCUT2D eigenvalue weighted by atomic mass is 9.88. The highest BCUT2D eigenvalue weighted by Gasteiger charge is 2.26. The van der Waals surface area contributed by atoms with Crippen LogP contribution in [0.4, 0.5) is 0 Å². The number of aromatic nitrogens is 2. The van der Waals surface area contributed by atoms with Gasteiger partial charge in [0.25, 0.3) is 0 Å². The highest BCUT2D eigenvalue weighted by atomic mass is 16.5. The zero-order chi connectivity index (χ0) is 13.9. The minimum absolute atomic E-state index is 0.255. The van der Waals surface area contributed by atoms with Crippen molar-refractivity contribution in [3.8, 4) is 0 Å². The summed E-state index contributed by atoms with van der Waals surface area (Å²) in [5.41, 5.74) is 2.73. The third-order valence-electron chi connectivity index (χ3n) is 4.83. The fraction of sp³-hybridized carbons (Fsp3) is 0.812. The molecule has 1 fully saturated rings. The fourth-order valence-corrected chi connectivity index (χ4v) is 3.60. The maximum Gasteiger partial charge on any atom is 0.112 e. The summed E-state index contributed by atoms with van der Waals surface area (Å²) in [6.45, 7) is 5.11. The van der Waals surface area contributed by atoms with Crippen LogP contribution in [-0.4, -0.2) is 29.3 Å². The van der Waals surface area contributed by atoms with Crippen LogP contribution in [0.25, 0.3) is 0 Å². The third kappa shape index (κ3) is 2.77. The van der Waals surface area contributed by atoms with E-state index in [2.05, 4.69) is 16.8 Å². The summed E-state index contributed by atoms with van der Waals surface area (Å²) in [7, 11) is 1.80. The molecule has 0 amide bonds. The molecule has 0 spiro atoms. The van der Waals surface area contributed by atoms with Gasteiger partial charge in [-0.15, -0.1) is 0 Å². The molecule has 3 rings (SSSR count). The number of nitrogens with one attached hydrogen (secondary N) is 1. The molecule has 4 nitrogen and oxygen atoms in total. The molecule has 0 aromatic carbocycles. The van der Waals surface area contributed by atoms with Crippen molar-refractivity contribution in [1.82, 2.24) is 14.9 Å². The predicted molar refractivity (Wildman–Crippen MR) is 79.9 cm³/mol. The Bertz CT molecular complexity index is 449. The standard InChI is InChI=1S/C16H27N3O/c1-12(20-2)11-19-15-8-9-17-10-14(15)18-16(19)13-6-4-3-5-7-13/h12-13,17H,3-11H2,1-2H3. The molecule has 1 aliphatic heterocycles. The van der Waals surface area contributed by atoms with E-state index >= 15 is 0 Å². The van der Waals surface area contributed by atoms with Crippen molar-refractivity contribution in [2.45, 2.75) is 70.6 Å². The number of hydrogen-bond acceptors (Lipinski definition) is 3. The van der Waals surface area contributed by atoms with Crippen LogP contribution in [0.3, 0.4) is 0 Å². The summed E-state index contributed by atoms with van der Waals surface area (Å²) in [4.78, 5) is 5.01. The van der Waals surface area contributed by atoms with Crippen molar-refractivity contribution < 1.29 is 4.74 Å². The van der Waals surface area contributed by atoms with Crippen LogP contribution in [-0.2, 0) is 24.2 Å². The quantitative estimate of drug-likeness (QED) is 0.919. The normalized spacial score (nSPS) is 21.7.